The lowest BCUT2D eigenvalue weighted by Gasteiger charge is -2.22. The number of para-hydroxylation sites is 1. The van der Waals surface area contributed by atoms with E-state index in [-0.39, 0.29) is 0 Å². The summed E-state index contributed by atoms with van der Waals surface area (Å²) in [6, 6.07) is 8.86. The Kier molecular flexibility index (Phi) is 3.75. The van der Waals surface area contributed by atoms with Crippen LogP contribution in [0.2, 0.25) is 0 Å². The number of anilines is 2. The highest BCUT2D eigenvalue weighted by Gasteiger charge is 2.18. The predicted octanol–water partition coefficient (Wildman–Crippen LogP) is 2.28. The first-order chi connectivity index (χ1) is 9.13. The molecule has 5 heteroatoms. The SMILES string of the molecule is COC(=O)c1cccc(N)c1N(C)Cc1ccco1. The Bertz CT molecular complexity index is 564. The van der Waals surface area contributed by atoms with Crippen LogP contribution in [0.5, 0.6) is 0 Å². The van der Waals surface area contributed by atoms with Crippen LogP contribution in [0, 0.1) is 0 Å². The smallest absolute Gasteiger partial charge is 0.340 e. The Hall–Kier alpha value is -2.43. The number of hydrogen-bond acceptors (Lipinski definition) is 5. The number of furan rings is 1. The molecule has 1 heterocycles. The normalized spacial score (nSPS) is 10.2. The third kappa shape index (κ3) is 2.70. The molecule has 0 aliphatic carbocycles. The molecule has 0 fully saturated rings. The van der Waals surface area contributed by atoms with E-state index in [2.05, 4.69) is 0 Å². The summed E-state index contributed by atoms with van der Waals surface area (Å²) in [6.07, 6.45) is 1.61. The molecule has 2 aromatic rings. The monoisotopic (exact) mass is 260 g/mol. The lowest BCUT2D eigenvalue weighted by Crippen LogP contribution is -2.21. The minimum atomic E-state index is -0.409. The maximum absolute atomic E-state index is 11.8. The minimum Gasteiger partial charge on any atom is -0.467 e. The quantitative estimate of drug-likeness (QED) is 0.674. The number of carbonyl (C=O) groups is 1. The van der Waals surface area contributed by atoms with Crippen molar-refractivity contribution in [3.63, 3.8) is 0 Å². The van der Waals surface area contributed by atoms with Gasteiger partial charge in [-0.2, -0.15) is 0 Å². The van der Waals surface area contributed by atoms with Gasteiger partial charge in [-0.25, -0.2) is 4.79 Å². The van der Waals surface area contributed by atoms with E-state index in [0.29, 0.717) is 23.5 Å². The molecule has 1 aromatic heterocycles. The Labute approximate surface area is 111 Å². The summed E-state index contributed by atoms with van der Waals surface area (Å²) in [5, 5.41) is 0. The fraction of sp³-hybridized carbons (Fsp3) is 0.214. The number of ether oxygens (including phenoxy) is 1. The first-order valence-corrected chi connectivity index (χ1v) is 5.83. The highest BCUT2D eigenvalue weighted by molar-refractivity contribution is 5.99. The second-order valence-electron chi connectivity index (χ2n) is 4.17. The van der Waals surface area contributed by atoms with Gasteiger partial charge in [0, 0.05) is 7.05 Å². The second-order valence-corrected chi connectivity index (χ2v) is 4.17. The molecule has 100 valence electrons. The Morgan fingerprint density at radius 3 is 2.79 bits per heavy atom. The van der Waals surface area contributed by atoms with Crippen molar-refractivity contribution in [2.45, 2.75) is 6.54 Å². The lowest BCUT2D eigenvalue weighted by molar-refractivity contribution is 0.0601. The van der Waals surface area contributed by atoms with Gasteiger partial charge in [-0.05, 0) is 24.3 Å². The van der Waals surface area contributed by atoms with Crippen molar-refractivity contribution in [3.8, 4) is 0 Å². The van der Waals surface area contributed by atoms with Crippen LogP contribution in [-0.4, -0.2) is 20.1 Å². The highest BCUT2D eigenvalue weighted by Crippen LogP contribution is 2.28. The fourth-order valence-corrected chi connectivity index (χ4v) is 1.98. The number of rotatable bonds is 4. The van der Waals surface area contributed by atoms with E-state index in [1.54, 1.807) is 24.5 Å². The first-order valence-electron chi connectivity index (χ1n) is 5.83. The highest BCUT2D eigenvalue weighted by atomic mass is 16.5. The molecule has 0 saturated heterocycles. The van der Waals surface area contributed by atoms with Crippen molar-refractivity contribution in [2.75, 3.05) is 24.8 Å². The predicted molar refractivity (Wildman–Crippen MR) is 73.0 cm³/mol. The molecule has 0 radical (unpaired) electrons. The standard InChI is InChI=1S/C14H16N2O3/c1-16(9-10-5-4-8-19-10)13-11(14(17)18-2)6-3-7-12(13)15/h3-8H,9,15H2,1-2H3. The summed E-state index contributed by atoms with van der Waals surface area (Å²) < 4.78 is 10.1. The molecule has 0 spiro atoms. The van der Waals surface area contributed by atoms with Gasteiger partial charge in [0.2, 0.25) is 0 Å². The van der Waals surface area contributed by atoms with E-state index in [1.807, 2.05) is 24.1 Å². The van der Waals surface area contributed by atoms with Gasteiger partial charge < -0.3 is 19.8 Å². The van der Waals surface area contributed by atoms with Gasteiger partial charge in [0.25, 0.3) is 0 Å². The van der Waals surface area contributed by atoms with Gasteiger partial charge in [-0.15, -0.1) is 0 Å². The average molecular weight is 260 g/mol. The molecule has 0 saturated carbocycles. The fourth-order valence-electron chi connectivity index (χ4n) is 1.98. The second kappa shape index (κ2) is 5.48. The molecule has 19 heavy (non-hydrogen) atoms. The number of esters is 1. The zero-order chi connectivity index (χ0) is 13.8. The Morgan fingerprint density at radius 2 is 2.16 bits per heavy atom. The molecule has 0 amide bonds. The van der Waals surface area contributed by atoms with E-state index in [9.17, 15) is 4.79 Å². The van der Waals surface area contributed by atoms with E-state index >= 15 is 0 Å². The first kappa shape index (κ1) is 13.0. The van der Waals surface area contributed by atoms with Crippen LogP contribution < -0.4 is 10.6 Å². The van der Waals surface area contributed by atoms with Gasteiger partial charge in [-0.3, -0.25) is 0 Å². The lowest BCUT2D eigenvalue weighted by atomic mass is 10.1. The van der Waals surface area contributed by atoms with Gasteiger partial charge in [-0.1, -0.05) is 6.07 Å². The number of methoxy groups -OCH3 is 1. The van der Waals surface area contributed by atoms with E-state index in [1.165, 1.54) is 7.11 Å². The van der Waals surface area contributed by atoms with Crippen LogP contribution >= 0.6 is 0 Å². The van der Waals surface area contributed by atoms with Crippen molar-refractivity contribution in [1.29, 1.82) is 0 Å². The van der Waals surface area contributed by atoms with Crippen molar-refractivity contribution in [2.24, 2.45) is 0 Å². The summed E-state index contributed by atoms with van der Waals surface area (Å²) in [5.41, 5.74) is 7.57. The van der Waals surface area contributed by atoms with Crippen molar-refractivity contribution < 1.29 is 13.9 Å². The zero-order valence-corrected chi connectivity index (χ0v) is 10.9. The van der Waals surface area contributed by atoms with E-state index in [0.717, 1.165) is 5.76 Å². The maximum Gasteiger partial charge on any atom is 0.340 e. The molecular formula is C14H16N2O3. The van der Waals surface area contributed by atoms with Crippen molar-refractivity contribution in [1.82, 2.24) is 0 Å². The largest absolute Gasteiger partial charge is 0.467 e. The molecule has 0 aliphatic rings. The van der Waals surface area contributed by atoms with Crippen LogP contribution in [-0.2, 0) is 11.3 Å². The minimum absolute atomic E-state index is 0.409. The molecular weight excluding hydrogens is 244 g/mol. The van der Waals surface area contributed by atoms with Crippen LogP contribution in [0.3, 0.4) is 0 Å². The van der Waals surface area contributed by atoms with Crippen LogP contribution in [0.4, 0.5) is 11.4 Å². The molecule has 0 atom stereocenters. The number of nitrogens with two attached hydrogens (primary N) is 1. The Balaban J connectivity index is 2.34. The summed E-state index contributed by atoms with van der Waals surface area (Å²) in [5.74, 6) is 0.384. The maximum atomic E-state index is 11.8. The van der Waals surface area contributed by atoms with Gasteiger partial charge in [0.05, 0.1) is 36.9 Å². The Morgan fingerprint density at radius 1 is 1.37 bits per heavy atom. The molecule has 0 aliphatic heterocycles. The van der Waals surface area contributed by atoms with Crippen molar-refractivity contribution >= 4 is 17.3 Å². The molecule has 1 aromatic carbocycles. The van der Waals surface area contributed by atoms with Gasteiger partial charge >= 0.3 is 5.97 Å². The van der Waals surface area contributed by atoms with E-state index in [4.69, 9.17) is 14.9 Å². The van der Waals surface area contributed by atoms with Crippen LogP contribution in [0.25, 0.3) is 0 Å². The van der Waals surface area contributed by atoms with E-state index < -0.39 is 5.97 Å². The number of hydrogen-bond donors (Lipinski definition) is 1. The van der Waals surface area contributed by atoms with Crippen LogP contribution in [0.15, 0.2) is 41.0 Å². The van der Waals surface area contributed by atoms with Crippen molar-refractivity contribution in [3.05, 3.63) is 47.9 Å². The van der Waals surface area contributed by atoms with Gasteiger partial charge in [0.1, 0.15) is 5.76 Å². The number of nitrogen functional groups attached to an aromatic ring is 1. The molecule has 2 rings (SSSR count). The molecule has 0 bridgehead atoms. The third-order valence-corrected chi connectivity index (χ3v) is 2.83. The van der Waals surface area contributed by atoms with Crippen LogP contribution in [0.1, 0.15) is 16.1 Å². The molecule has 2 N–H and O–H groups in total. The summed E-state index contributed by atoms with van der Waals surface area (Å²) in [7, 11) is 3.20. The molecule has 5 nitrogen and oxygen atoms in total. The van der Waals surface area contributed by atoms with Gasteiger partial charge in [0.15, 0.2) is 0 Å². The average Bonchev–Trinajstić information content (AvgIpc) is 2.90. The topological polar surface area (TPSA) is 68.7 Å². The number of nitrogens with zero attached hydrogens (tertiary/aromatic N) is 1. The zero-order valence-electron chi connectivity index (χ0n) is 10.9. The third-order valence-electron chi connectivity index (χ3n) is 2.83. The summed E-state index contributed by atoms with van der Waals surface area (Å²) in [4.78, 5) is 13.6. The number of carbonyl (C=O) groups excluding carboxylic acids is 1. The summed E-state index contributed by atoms with van der Waals surface area (Å²) >= 11 is 0. The molecule has 0 unspecified atom stereocenters. The number of benzene rings is 1. The summed E-state index contributed by atoms with van der Waals surface area (Å²) in [6.45, 7) is 0.519.